The fraction of sp³-hybridized carbons (Fsp3) is 0.267. The quantitative estimate of drug-likeness (QED) is 0.850. The summed E-state index contributed by atoms with van der Waals surface area (Å²) in [6.45, 7) is 0.721. The molecule has 0 spiro atoms. The fourth-order valence-electron chi connectivity index (χ4n) is 2.54. The molecule has 0 saturated carbocycles. The van der Waals surface area contributed by atoms with Crippen molar-refractivity contribution in [2.45, 2.75) is 13.0 Å². The van der Waals surface area contributed by atoms with E-state index in [9.17, 15) is 14.7 Å². The van der Waals surface area contributed by atoms with Crippen LogP contribution in [-0.2, 0) is 13.0 Å². The van der Waals surface area contributed by atoms with E-state index in [-0.39, 0.29) is 23.8 Å². The van der Waals surface area contributed by atoms with Crippen LogP contribution in [0, 0.1) is 0 Å². The summed E-state index contributed by atoms with van der Waals surface area (Å²) in [6, 6.07) is 4.52. The Morgan fingerprint density at radius 2 is 2.27 bits per heavy atom. The van der Waals surface area contributed by atoms with Crippen molar-refractivity contribution in [3.8, 4) is 11.5 Å². The number of hydrogen-bond donors (Lipinski definition) is 2. The Balaban J connectivity index is 1.85. The van der Waals surface area contributed by atoms with Gasteiger partial charge in [0, 0.05) is 17.7 Å². The van der Waals surface area contributed by atoms with Crippen molar-refractivity contribution in [1.82, 2.24) is 14.9 Å². The average Bonchev–Trinajstić information content (AvgIpc) is 2.54. The largest absolute Gasteiger partial charge is 0.504 e. The lowest BCUT2D eigenvalue weighted by atomic mass is 10.1. The maximum atomic E-state index is 12.5. The molecule has 1 aliphatic heterocycles. The van der Waals surface area contributed by atoms with Crippen molar-refractivity contribution < 1.29 is 14.6 Å². The Labute approximate surface area is 126 Å². The molecule has 0 saturated heterocycles. The van der Waals surface area contributed by atoms with Gasteiger partial charge in [-0.1, -0.05) is 0 Å². The van der Waals surface area contributed by atoms with Gasteiger partial charge in [-0.2, -0.15) is 0 Å². The van der Waals surface area contributed by atoms with E-state index >= 15 is 0 Å². The summed E-state index contributed by atoms with van der Waals surface area (Å²) < 4.78 is 4.96. The molecule has 0 aliphatic carbocycles. The molecule has 7 heteroatoms. The molecule has 3 rings (SSSR count). The zero-order valence-electron chi connectivity index (χ0n) is 12.0. The number of aromatic nitrogens is 2. The molecule has 0 bridgehead atoms. The molecule has 0 fully saturated rings. The Morgan fingerprint density at radius 3 is 3.00 bits per heavy atom. The molecule has 0 unspecified atom stereocenters. The highest BCUT2D eigenvalue weighted by atomic mass is 16.5. The molecule has 2 N–H and O–H groups in total. The smallest absolute Gasteiger partial charge is 0.254 e. The van der Waals surface area contributed by atoms with Gasteiger partial charge in [-0.3, -0.25) is 9.59 Å². The number of hydrogen-bond acceptors (Lipinski definition) is 5. The topological polar surface area (TPSA) is 95.5 Å². The first kappa shape index (κ1) is 14.1. The summed E-state index contributed by atoms with van der Waals surface area (Å²) in [7, 11) is 1.45. The van der Waals surface area contributed by atoms with Crippen LogP contribution in [0.15, 0.2) is 29.3 Å². The number of H-pyrrole nitrogens is 1. The van der Waals surface area contributed by atoms with E-state index < -0.39 is 0 Å². The van der Waals surface area contributed by atoms with Crippen molar-refractivity contribution in [2.75, 3.05) is 13.7 Å². The molecule has 1 aromatic carbocycles. The van der Waals surface area contributed by atoms with Crippen molar-refractivity contribution in [2.24, 2.45) is 0 Å². The monoisotopic (exact) mass is 301 g/mol. The van der Waals surface area contributed by atoms with Gasteiger partial charge in [0.2, 0.25) is 0 Å². The minimum atomic E-state index is -0.217. The third-order valence-electron chi connectivity index (χ3n) is 3.72. The molecule has 2 aromatic rings. The molecule has 0 atom stereocenters. The van der Waals surface area contributed by atoms with E-state index in [1.807, 2.05) is 0 Å². The van der Waals surface area contributed by atoms with Crippen LogP contribution in [0.2, 0.25) is 0 Å². The molecule has 7 nitrogen and oxygen atoms in total. The van der Waals surface area contributed by atoms with Gasteiger partial charge >= 0.3 is 0 Å². The van der Waals surface area contributed by atoms with Gasteiger partial charge in [-0.05, 0) is 24.6 Å². The summed E-state index contributed by atoms with van der Waals surface area (Å²) in [5, 5.41) is 9.78. The molecule has 1 aliphatic rings. The first-order valence-electron chi connectivity index (χ1n) is 6.82. The second-order valence-corrected chi connectivity index (χ2v) is 5.02. The lowest BCUT2D eigenvalue weighted by Gasteiger charge is -2.27. The number of nitrogens with zero attached hydrogens (tertiary/aromatic N) is 2. The van der Waals surface area contributed by atoms with E-state index in [4.69, 9.17) is 4.74 Å². The van der Waals surface area contributed by atoms with Gasteiger partial charge in [-0.25, -0.2) is 4.98 Å². The maximum absolute atomic E-state index is 12.5. The molecular weight excluding hydrogens is 286 g/mol. The number of phenols is 1. The highest BCUT2D eigenvalue weighted by Gasteiger charge is 2.24. The van der Waals surface area contributed by atoms with E-state index in [2.05, 4.69) is 9.97 Å². The SMILES string of the molecule is COc1ccc(C(=O)N2CCc3c(nc[nH]c3=O)C2)cc1O. The molecule has 1 amide bonds. The van der Waals surface area contributed by atoms with Gasteiger partial charge < -0.3 is 19.7 Å². The Kier molecular flexibility index (Phi) is 3.54. The van der Waals surface area contributed by atoms with Gasteiger partial charge in [0.1, 0.15) is 0 Å². The zero-order chi connectivity index (χ0) is 15.7. The van der Waals surface area contributed by atoms with Gasteiger partial charge in [0.15, 0.2) is 11.5 Å². The summed E-state index contributed by atoms with van der Waals surface area (Å²) >= 11 is 0. The van der Waals surface area contributed by atoms with Crippen LogP contribution >= 0.6 is 0 Å². The summed E-state index contributed by atoms with van der Waals surface area (Å²) in [4.78, 5) is 32.5. The number of aromatic amines is 1. The van der Waals surface area contributed by atoms with Crippen LogP contribution < -0.4 is 10.3 Å². The minimum Gasteiger partial charge on any atom is -0.504 e. The number of nitrogens with one attached hydrogen (secondary N) is 1. The molecule has 0 radical (unpaired) electrons. The number of benzene rings is 1. The third-order valence-corrected chi connectivity index (χ3v) is 3.72. The second-order valence-electron chi connectivity index (χ2n) is 5.02. The van der Waals surface area contributed by atoms with Gasteiger partial charge in [0.05, 0.1) is 25.7 Å². The van der Waals surface area contributed by atoms with Crippen molar-refractivity contribution in [3.05, 3.63) is 51.7 Å². The summed E-state index contributed by atoms with van der Waals surface area (Å²) in [5.41, 5.74) is 1.45. The second kappa shape index (κ2) is 5.51. The van der Waals surface area contributed by atoms with Crippen molar-refractivity contribution in [3.63, 3.8) is 0 Å². The highest BCUT2D eigenvalue weighted by molar-refractivity contribution is 5.95. The normalized spacial score (nSPS) is 13.6. The summed E-state index contributed by atoms with van der Waals surface area (Å²) in [6.07, 6.45) is 1.81. The Bertz CT molecular complexity index is 785. The predicted octanol–water partition coefficient (Wildman–Crippen LogP) is 0.683. The maximum Gasteiger partial charge on any atom is 0.254 e. The van der Waals surface area contributed by atoms with E-state index in [0.29, 0.717) is 35.5 Å². The van der Waals surface area contributed by atoms with Crippen LogP contribution in [0.4, 0.5) is 0 Å². The molecular formula is C15H15N3O4. The third kappa shape index (κ3) is 2.41. The number of ether oxygens (including phenoxy) is 1. The van der Waals surface area contributed by atoms with E-state index in [1.165, 1.54) is 19.5 Å². The number of fused-ring (bicyclic) bond motifs is 1. The van der Waals surface area contributed by atoms with Crippen LogP contribution in [0.3, 0.4) is 0 Å². The van der Waals surface area contributed by atoms with Crippen LogP contribution in [0.5, 0.6) is 11.5 Å². The number of phenolic OH excluding ortho intramolecular Hbond substituents is 1. The Morgan fingerprint density at radius 1 is 1.45 bits per heavy atom. The van der Waals surface area contributed by atoms with Crippen molar-refractivity contribution in [1.29, 1.82) is 0 Å². The van der Waals surface area contributed by atoms with Gasteiger partial charge in [0.25, 0.3) is 11.5 Å². The molecule has 1 aromatic heterocycles. The lowest BCUT2D eigenvalue weighted by Crippen LogP contribution is -2.38. The number of carbonyl (C=O) groups is 1. The number of carbonyl (C=O) groups excluding carboxylic acids is 1. The number of rotatable bonds is 2. The Hall–Kier alpha value is -2.83. The molecule has 22 heavy (non-hydrogen) atoms. The standard InChI is InChI=1S/C15H15N3O4/c1-22-13-3-2-9(6-12(13)19)15(21)18-5-4-10-11(7-18)16-8-17-14(10)20/h2-3,6,8,19H,4-5,7H2,1H3,(H,16,17,20). The zero-order valence-corrected chi connectivity index (χ0v) is 12.0. The fourth-order valence-corrected chi connectivity index (χ4v) is 2.54. The van der Waals surface area contributed by atoms with E-state index in [1.54, 1.807) is 17.0 Å². The number of aromatic hydroxyl groups is 1. The first-order chi connectivity index (χ1) is 10.6. The van der Waals surface area contributed by atoms with Gasteiger partial charge in [-0.15, -0.1) is 0 Å². The molecule has 114 valence electrons. The minimum absolute atomic E-state index is 0.0830. The lowest BCUT2D eigenvalue weighted by molar-refractivity contribution is 0.0730. The first-order valence-corrected chi connectivity index (χ1v) is 6.82. The van der Waals surface area contributed by atoms with Crippen molar-refractivity contribution >= 4 is 5.91 Å². The molecule has 2 heterocycles. The predicted molar refractivity (Wildman–Crippen MR) is 78.0 cm³/mol. The average molecular weight is 301 g/mol. The number of methoxy groups -OCH3 is 1. The van der Waals surface area contributed by atoms with Crippen LogP contribution in [0.25, 0.3) is 0 Å². The van der Waals surface area contributed by atoms with E-state index in [0.717, 1.165) is 0 Å². The number of amides is 1. The summed E-state index contributed by atoms with van der Waals surface area (Å²) in [5.74, 6) is 0.0137. The van der Waals surface area contributed by atoms with Crippen LogP contribution in [-0.4, -0.2) is 39.5 Å². The van der Waals surface area contributed by atoms with Crippen LogP contribution in [0.1, 0.15) is 21.6 Å². The highest BCUT2D eigenvalue weighted by Crippen LogP contribution is 2.27.